The summed E-state index contributed by atoms with van der Waals surface area (Å²) in [7, 11) is 1.35. The largest absolute Gasteiger partial charge is 0.481 e. The molecule has 1 aromatic heterocycles. The van der Waals surface area contributed by atoms with Gasteiger partial charge in [0.15, 0.2) is 0 Å². The number of alkyl halides is 2. The van der Waals surface area contributed by atoms with Crippen molar-refractivity contribution in [1.82, 2.24) is 4.98 Å². The zero-order valence-corrected chi connectivity index (χ0v) is 10.3. The second-order valence-electron chi connectivity index (χ2n) is 4.63. The molecule has 1 N–H and O–H groups in total. The van der Waals surface area contributed by atoms with Gasteiger partial charge in [-0.3, -0.25) is 0 Å². The summed E-state index contributed by atoms with van der Waals surface area (Å²) in [6.45, 7) is 0. The highest BCUT2D eigenvalue weighted by Crippen LogP contribution is 2.40. The average molecular weight is 257 g/mol. The quantitative estimate of drug-likeness (QED) is 0.905. The number of pyridine rings is 1. The normalized spacial score (nSPS) is 24.3. The van der Waals surface area contributed by atoms with Gasteiger partial charge in [-0.1, -0.05) is 0 Å². The minimum atomic E-state index is -2.59. The number of aliphatic hydroxyl groups is 1. The summed E-state index contributed by atoms with van der Waals surface area (Å²) < 4.78 is 31.2. The molecule has 0 aromatic carbocycles. The zero-order valence-electron chi connectivity index (χ0n) is 10.3. The number of ether oxygens (including phenoxy) is 1. The van der Waals surface area contributed by atoms with E-state index in [2.05, 4.69) is 4.98 Å². The van der Waals surface area contributed by atoms with E-state index in [-0.39, 0.29) is 23.5 Å². The molecule has 1 aliphatic rings. The Kier molecular flexibility index (Phi) is 4.11. The molecule has 1 heterocycles. The summed E-state index contributed by atoms with van der Waals surface area (Å²) in [5.41, 5.74) is 0.519. The molecule has 2 rings (SSSR count). The lowest BCUT2D eigenvalue weighted by molar-refractivity contribution is 0.119. The van der Waals surface area contributed by atoms with Crippen LogP contribution in [0.5, 0.6) is 5.88 Å². The Bertz CT molecular complexity index is 404. The lowest BCUT2D eigenvalue weighted by atomic mass is 9.81. The molecule has 0 atom stereocenters. The van der Waals surface area contributed by atoms with Crippen molar-refractivity contribution in [2.45, 2.75) is 44.1 Å². The molecule has 5 heteroatoms. The Labute approximate surface area is 105 Å². The first-order valence-electron chi connectivity index (χ1n) is 6.12. The molecule has 3 nitrogen and oxygen atoms in total. The average Bonchev–Trinajstić information content (AvgIpc) is 2.38. The topological polar surface area (TPSA) is 42.4 Å². The lowest BCUT2D eigenvalue weighted by Crippen LogP contribution is -2.18. The summed E-state index contributed by atoms with van der Waals surface area (Å²) in [6, 6.07) is 1.65. The van der Waals surface area contributed by atoms with E-state index in [0.717, 1.165) is 12.8 Å². The van der Waals surface area contributed by atoms with Crippen molar-refractivity contribution in [2.75, 3.05) is 7.11 Å². The third-order valence-electron chi connectivity index (χ3n) is 3.54. The number of hydrogen-bond donors (Lipinski definition) is 1. The van der Waals surface area contributed by atoms with Gasteiger partial charge >= 0.3 is 0 Å². The molecule has 0 radical (unpaired) electrons. The molecule has 0 saturated heterocycles. The standard InChI is InChI=1S/C13H17F2NO2/c1-18-13-11(12(14)15)10(6-7-16-13)8-2-4-9(17)5-3-8/h6-9,12,17H,2-5H2,1H3. The van der Waals surface area contributed by atoms with Gasteiger partial charge in [0, 0.05) is 6.20 Å². The molecule has 1 aliphatic carbocycles. The van der Waals surface area contributed by atoms with Gasteiger partial charge in [-0.2, -0.15) is 0 Å². The summed E-state index contributed by atoms with van der Waals surface area (Å²) in [5, 5.41) is 9.47. The summed E-state index contributed by atoms with van der Waals surface area (Å²) >= 11 is 0. The molecule has 18 heavy (non-hydrogen) atoms. The Balaban J connectivity index is 2.32. The van der Waals surface area contributed by atoms with E-state index in [1.54, 1.807) is 6.07 Å². The van der Waals surface area contributed by atoms with Crippen molar-refractivity contribution >= 4 is 0 Å². The van der Waals surface area contributed by atoms with Crippen LogP contribution in [-0.2, 0) is 0 Å². The Morgan fingerprint density at radius 3 is 2.56 bits per heavy atom. The molecule has 0 spiro atoms. The van der Waals surface area contributed by atoms with Crippen LogP contribution in [0.2, 0.25) is 0 Å². The van der Waals surface area contributed by atoms with E-state index in [0.29, 0.717) is 18.4 Å². The number of aliphatic hydroxyl groups excluding tert-OH is 1. The number of halogens is 2. The fraction of sp³-hybridized carbons (Fsp3) is 0.615. The molecular formula is C13H17F2NO2. The second kappa shape index (κ2) is 5.61. The number of aromatic nitrogens is 1. The van der Waals surface area contributed by atoms with E-state index < -0.39 is 6.43 Å². The van der Waals surface area contributed by atoms with Gasteiger partial charge < -0.3 is 9.84 Å². The summed E-state index contributed by atoms with van der Waals surface area (Å²) in [6.07, 6.45) is 1.42. The smallest absolute Gasteiger partial charge is 0.269 e. The predicted molar refractivity (Wildman–Crippen MR) is 63.0 cm³/mol. The van der Waals surface area contributed by atoms with Crippen molar-refractivity contribution in [3.8, 4) is 5.88 Å². The molecule has 0 bridgehead atoms. The van der Waals surface area contributed by atoms with Crippen LogP contribution in [0.4, 0.5) is 8.78 Å². The van der Waals surface area contributed by atoms with Gasteiger partial charge in [-0.25, -0.2) is 13.8 Å². The van der Waals surface area contributed by atoms with E-state index in [9.17, 15) is 13.9 Å². The lowest BCUT2D eigenvalue weighted by Gasteiger charge is -2.27. The molecular weight excluding hydrogens is 240 g/mol. The van der Waals surface area contributed by atoms with Crippen molar-refractivity contribution < 1.29 is 18.6 Å². The van der Waals surface area contributed by atoms with Crippen LogP contribution in [0, 0.1) is 0 Å². The van der Waals surface area contributed by atoms with Gasteiger partial charge in [-0.15, -0.1) is 0 Å². The van der Waals surface area contributed by atoms with Crippen LogP contribution >= 0.6 is 0 Å². The first-order chi connectivity index (χ1) is 8.63. The van der Waals surface area contributed by atoms with Crippen LogP contribution in [0.25, 0.3) is 0 Å². The maximum atomic E-state index is 13.1. The third-order valence-corrected chi connectivity index (χ3v) is 3.54. The van der Waals surface area contributed by atoms with Crippen molar-refractivity contribution in [3.63, 3.8) is 0 Å². The first kappa shape index (κ1) is 13.2. The minimum Gasteiger partial charge on any atom is -0.481 e. The summed E-state index contributed by atoms with van der Waals surface area (Å²) in [5.74, 6) is 0.0721. The van der Waals surface area contributed by atoms with Crippen molar-refractivity contribution in [2.24, 2.45) is 0 Å². The van der Waals surface area contributed by atoms with Gasteiger partial charge in [0.25, 0.3) is 6.43 Å². The predicted octanol–water partition coefficient (Wildman–Crippen LogP) is 3.05. The molecule has 1 fully saturated rings. The summed E-state index contributed by atoms with van der Waals surface area (Å²) in [4.78, 5) is 3.84. The van der Waals surface area contributed by atoms with E-state index >= 15 is 0 Å². The molecule has 0 unspecified atom stereocenters. The molecule has 0 aliphatic heterocycles. The van der Waals surface area contributed by atoms with Gasteiger partial charge in [0.1, 0.15) is 0 Å². The van der Waals surface area contributed by atoms with E-state index in [4.69, 9.17) is 4.74 Å². The first-order valence-corrected chi connectivity index (χ1v) is 6.12. The highest BCUT2D eigenvalue weighted by Gasteiger charge is 2.28. The SMILES string of the molecule is COc1nccc(C2CCC(O)CC2)c1C(F)F. The maximum Gasteiger partial charge on any atom is 0.269 e. The minimum absolute atomic E-state index is 0.00798. The van der Waals surface area contributed by atoms with Crippen LogP contribution in [0.1, 0.15) is 49.2 Å². The third kappa shape index (κ3) is 2.61. The molecule has 100 valence electrons. The molecule has 1 saturated carbocycles. The maximum absolute atomic E-state index is 13.1. The Hall–Kier alpha value is -1.23. The van der Waals surface area contributed by atoms with Gasteiger partial charge in [0.05, 0.1) is 18.8 Å². The fourth-order valence-electron chi connectivity index (χ4n) is 2.59. The van der Waals surface area contributed by atoms with Crippen molar-refractivity contribution in [3.05, 3.63) is 23.4 Å². The molecule has 0 amide bonds. The van der Waals surface area contributed by atoms with E-state index in [1.807, 2.05) is 0 Å². The van der Waals surface area contributed by atoms with Gasteiger partial charge in [-0.05, 0) is 43.2 Å². The second-order valence-corrected chi connectivity index (χ2v) is 4.63. The zero-order chi connectivity index (χ0) is 13.1. The number of methoxy groups -OCH3 is 1. The fourth-order valence-corrected chi connectivity index (χ4v) is 2.59. The van der Waals surface area contributed by atoms with Crippen LogP contribution in [0.3, 0.4) is 0 Å². The monoisotopic (exact) mass is 257 g/mol. The number of rotatable bonds is 3. The van der Waals surface area contributed by atoms with E-state index in [1.165, 1.54) is 13.3 Å². The van der Waals surface area contributed by atoms with Gasteiger partial charge in [0.2, 0.25) is 5.88 Å². The van der Waals surface area contributed by atoms with Crippen LogP contribution < -0.4 is 4.74 Å². The van der Waals surface area contributed by atoms with Crippen LogP contribution in [0.15, 0.2) is 12.3 Å². The molecule has 1 aromatic rings. The number of hydrogen-bond acceptors (Lipinski definition) is 3. The van der Waals surface area contributed by atoms with Crippen molar-refractivity contribution in [1.29, 1.82) is 0 Å². The van der Waals surface area contributed by atoms with Crippen LogP contribution in [-0.4, -0.2) is 23.3 Å². The Morgan fingerprint density at radius 2 is 2.00 bits per heavy atom. The Morgan fingerprint density at radius 1 is 1.33 bits per heavy atom. The highest BCUT2D eigenvalue weighted by molar-refractivity contribution is 5.38. The number of nitrogens with zero attached hydrogens (tertiary/aromatic N) is 1. The highest BCUT2D eigenvalue weighted by atomic mass is 19.3.